The van der Waals surface area contributed by atoms with Gasteiger partial charge < -0.3 is 33.8 Å². The van der Waals surface area contributed by atoms with Crippen LogP contribution in [-0.4, -0.2) is 96.7 Å². The van der Waals surface area contributed by atoms with Crippen molar-refractivity contribution in [3.63, 3.8) is 0 Å². The highest BCUT2D eigenvalue weighted by atomic mass is 31.2. The van der Waals surface area contributed by atoms with Gasteiger partial charge in [0.1, 0.15) is 19.3 Å². The Labute approximate surface area is 680 Å². The Morgan fingerprint density at radius 2 is 0.464 bits per heavy atom. The number of allylic oxidation sites excluding steroid dienone is 26. The summed E-state index contributed by atoms with van der Waals surface area (Å²) in [5.74, 6) is -2.26. The number of hydrogen-bond acceptors (Lipinski definition) is 15. The van der Waals surface area contributed by atoms with E-state index in [9.17, 15) is 43.2 Å². The predicted octanol–water partition coefficient (Wildman–Crippen LogP) is 26.3. The Kier molecular flexibility index (Phi) is 79.6. The second-order valence-electron chi connectivity index (χ2n) is 28.7. The van der Waals surface area contributed by atoms with Crippen molar-refractivity contribution in [3.8, 4) is 0 Å². The summed E-state index contributed by atoms with van der Waals surface area (Å²) < 4.78 is 68.8. The van der Waals surface area contributed by atoms with Gasteiger partial charge in [-0.2, -0.15) is 0 Å². The Morgan fingerprint density at radius 3 is 0.732 bits per heavy atom. The minimum atomic E-state index is -5.00. The fourth-order valence-electron chi connectivity index (χ4n) is 11.3. The number of aliphatic hydroxyl groups is 1. The minimum absolute atomic E-state index is 0.0348. The van der Waals surface area contributed by atoms with Crippen LogP contribution in [0.4, 0.5) is 0 Å². The molecule has 112 heavy (non-hydrogen) atoms. The second-order valence-corrected chi connectivity index (χ2v) is 31.6. The number of hydrogen-bond donors (Lipinski definition) is 3. The van der Waals surface area contributed by atoms with E-state index in [1.807, 2.05) is 0 Å². The van der Waals surface area contributed by atoms with E-state index < -0.39 is 97.5 Å². The maximum Gasteiger partial charge on any atom is 0.472 e. The maximum atomic E-state index is 13.2. The van der Waals surface area contributed by atoms with Gasteiger partial charge in [0.15, 0.2) is 12.2 Å². The summed E-state index contributed by atoms with van der Waals surface area (Å²) in [6.07, 6.45) is 99.1. The van der Waals surface area contributed by atoms with Crippen LogP contribution in [0.15, 0.2) is 158 Å². The molecule has 19 heteroatoms. The van der Waals surface area contributed by atoms with E-state index in [4.69, 9.17) is 37.0 Å². The zero-order chi connectivity index (χ0) is 81.7. The summed E-state index contributed by atoms with van der Waals surface area (Å²) in [6, 6.07) is 0. The van der Waals surface area contributed by atoms with Crippen molar-refractivity contribution in [1.29, 1.82) is 0 Å². The summed E-state index contributed by atoms with van der Waals surface area (Å²) in [7, 11) is -10.0. The normalized spacial score (nSPS) is 14.5. The average molecular weight is 1610 g/mol. The molecule has 0 aromatic heterocycles. The zero-order valence-corrected chi connectivity index (χ0v) is 72.1. The largest absolute Gasteiger partial charge is 0.472 e. The van der Waals surface area contributed by atoms with Gasteiger partial charge in [0.2, 0.25) is 0 Å². The number of rotatable bonds is 81. The van der Waals surface area contributed by atoms with Gasteiger partial charge in [-0.25, -0.2) is 9.13 Å². The first kappa shape index (κ1) is 107. The first-order valence-electron chi connectivity index (χ1n) is 43.7. The lowest BCUT2D eigenvalue weighted by Gasteiger charge is -2.21. The van der Waals surface area contributed by atoms with E-state index in [1.54, 1.807) is 0 Å². The van der Waals surface area contributed by atoms with Gasteiger partial charge in [-0.3, -0.25) is 37.3 Å². The summed E-state index contributed by atoms with van der Waals surface area (Å²) in [5, 5.41) is 10.7. The highest BCUT2D eigenvalue weighted by Gasteiger charge is 2.30. The Hall–Kier alpha value is -5.32. The summed E-state index contributed by atoms with van der Waals surface area (Å²) in [4.78, 5) is 73.3. The molecule has 0 saturated heterocycles. The molecule has 0 aliphatic rings. The first-order chi connectivity index (χ1) is 54.7. The minimum Gasteiger partial charge on any atom is -0.462 e. The molecule has 0 saturated carbocycles. The number of esters is 4. The van der Waals surface area contributed by atoms with E-state index in [1.165, 1.54) is 57.8 Å². The van der Waals surface area contributed by atoms with Crippen molar-refractivity contribution in [2.24, 2.45) is 0 Å². The molecule has 640 valence electrons. The third kappa shape index (κ3) is 82.7. The number of carbonyl (C=O) groups is 4. The highest BCUT2D eigenvalue weighted by Crippen LogP contribution is 2.45. The molecule has 0 aromatic carbocycles. The van der Waals surface area contributed by atoms with Crippen molar-refractivity contribution < 1.29 is 80.2 Å². The Bertz CT molecular complexity index is 2740. The molecule has 0 rings (SSSR count). The smallest absolute Gasteiger partial charge is 0.462 e. The van der Waals surface area contributed by atoms with Crippen LogP contribution in [0.1, 0.15) is 349 Å². The highest BCUT2D eigenvalue weighted by molar-refractivity contribution is 7.47. The summed E-state index contributed by atoms with van der Waals surface area (Å²) >= 11 is 0. The molecule has 0 fully saturated rings. The number of aliphatic hydroxyl groups excluding tert-OH is 1. The summed E-state index contributed by atoms with van der Waals surface area (Å²) in [5.41, 5.74) is 0. The number of phosphoric acid groups is 2. The molecule has 0 aliphatic heterocycles. The molecule has 17 nitrogen and oxygen atoms in total. The fraction of sp³-hybridized carbons (Fsp3) is 0.677. The molecule has 0 radical (unpaired) electrons. The summed E-state index contributed by atoms with van der Waals surface area (Å²) in [6.45, 7) is 4.62. The van der Waals surface area contributed by atoms with Crippen molar-refractivity contribution in [2.75, 3.05) is 39.6 Å². The van der Waals surface area contributed by atoms with Crippen LogP contribution < -0.4 is 0 Å². The quantitative estimate of drug-likeness (QED) is 0.0169. The van der Waals surface area contributed by atoms with Gasteiger partial charge in [0.05, 0.1) is 26.4 Å². The predicted molar refractivity (Wildman–Crippen MR) is 464 cm³/mol. The Balaban J connectivity index is 5.45. The van der Waals surface area contributed by atoms with Crippen molar-refractivity contribution in [1.82, 2.24) is 0 Å². The van der Waals surface area contributed by atoms with Gasteiger partial charge in [-0.1, -0.05) is 301 Å². The zero-order valence-electron chi connectivity index (χ0n) is 70.3. The molecule has 3 N–H and O–H groups in total. The fourth-order valence-corrected chi connectivity index (χ4v) is 12.9. The van der Waals surface area contributed by atoms with E-state index >= 15 is 0 Å². The lowest BCUT2D eigenvalue weighted by Crippen LogP contribution is -2.30. The van der Waals surface area contributed by atoms with Crippen LogP contribution >= 0.6 is 15.6 Å². The van der Waals surface area contributed by atoms with Gasteiger partial charge in [0, 0.05) is 25.7 Å². The number of carbonyl (C=O) groups excluding carboxylic acids is 4. The second kappa shape index (κ2) is 83.6. The van der Waals surface area contributed by atoms with E-state index in [2.05, 4.69) is 186 Å². The van der Waals surface area contributed by atoms with Gasteiger partial charge in [-0.05, 0) is 180 Å². The van der Waals surface area contributed by atoms with Crippen LogP contribution in [0.3, 0.4) is 0 Å². The van der Waals surface area contributed by atoms with Crippen LogP contribution in [0.5, 0.6) is 0 Å². The SMILES string of the molecule is CC/C=C\C/C=C\C/C=C\C/C=C\CCCCC(=O)OC(COC(=O)CCCCCCCC/C=C\C/C=C\C/C=C\CCCCC)COP(=O)(O)OCC(O)COP(=O)(O)OCC(COC(=O)CCCCCCCC/C=C\C/C=C\C/C=C\CCCCC)OC(=O)CCCCCCCC/C=C\C/C=C\C/C=C\CCCCC. The van der Waals surface area contributed by atoms with Gasteiger partial charge >= 0.3 is 39.5 Å². The van der Waals surface area contributed by atoms with Gasteiger partial charge in [0.25, 0.3) is 0 Å². The number of ether oxygens (including phenoxy) is 4. The number of phosphoric ester groups is 2. The molecule has 0 amide bonds. The van der Waals surface area contributed by atoms with Crippen LogP contribution in [0.25, 0.3) is 0 Å². The van der Waals surface area contributed by atoms with E-state index in [-0.39, 0.29) is 25.7 Å². The lowest BCUT2D eigenvalue weighted by molar-refractivity contribution is -0.161. The molecule has 0 aromatic rings. The Morgan fingerprint density at radius 1 is 0.259 bits per heavy atom. The van der Waals surface area contributed by atoms with Gasteiger partial charge in [-0.15, -0.1) is 0 Å². The molecular formula is C93H156O17P2. The number of unbranched alkanes of at least 4 members (excludes halogenated alkanes) is 29. The first-order valence-corrected chi connectivity index (χ1v) is 46.7. The van der Waals surface area contributed by atoms with E-state index in [0.29, 0.717) is 32.1 Å². The van der Waals surface area contributed by atoms with Crippen LogP contribution in [0, 0.1) is 0 Å². The third-order valence-corrected chi connectivity index (χ3v) is 19.8. The molecule has 0 heterocycles. The maximum absolute atomic E-state index is 13.2. The monoisotopic (exact) mass is 1610 g/mol. The van der Waals surface area contributed by atoms with Crippen LogP contribution in [-0.2, 0) is 65.4 Å². The standard InChI is InChI=1S/C93H156O17P2/c1-5-9-13-17-21-25-29-33-37-40-43-46-50-53-57-61-65-69-73-77-90(95)103-83-88(109-92(97)79-75-71-67-63-59-55-49-36-32-28-24-20-16-12-8-4)85-107-111(99,100)105-81-87(94)82-106-112(101,102)108-86-89(110-93(98)80-76-72-68-64-60-56-52-48-45-42-39-35-31-27-23-19-15-11-7-3)84-104-91(96)78-74-70-66-62-58-54-51-47-44-41-38-34-30-26-22-18-14-10-6-2/h12,16,21-28,33-39,43-49,59,63,87-89,94H,5-11,13-15,17-20,29-32,40-42,50-58,60-62,64-86H2,1-4H3,(H,99,100)(H,101,102)/b16-12-,25-21-,26-22-,27-23-,28-24-,37-33-,38-34-,39-35-,46-43-,47-44-,48-45-,49-36-,63-59-. The van der Waals surface area contributed by atoms with Crippen molar-refractivity contribution in [3.05, 3.63) is 158 Å². The van der Waals surface area contributed by atoms with Crippen molar-refractivity contribution in [2.45, 2.75) is 367 Å². The molecule has 0 bridgehead atoms. The third-order valence-electron chi connectivity index (χ3n) is 17.9. The van der Waals surface area contributed by atoms with Crippen molar-refractivity contribution >= 4 is 39.5 Å². The van der Waals surface area contributed by atoms with Crippen LogP contribution in [0.2, 0.25) is 0 Å². The van der Waals surface area contributed by atoms with E-state index in [0.717, 1.165) is 205 Å². The molecular weight excluding hydrogens is 1450 g/mol. The molecule has 0 spiro atoms. The molecule has 5 unspecified atom stereocenters. The topological polar surface area (TPSA) is 237 Å². The lowest BCUT2D eigenvalue weighted by atomic mass is 10.1. The average Bonchev–Trinajstić information content (AvgIpc) is 0.907. The molecule has 5 atom stereocenters. The molecule has 0 aliphatic carbocycles.